The lowest BCUT2D eigenvalue weighted by atomic mass is 10.0. The summed E-state index contributed by atoms with van der Waals surface area (Å²) in [7, 11) is 0. The number of benzene rings is 6. The minimum absolute atomic E-state index is 0.495. The van der Waals surface area contributed by atoms with Gasteiger partial charge in [0.05, 0.1) is 11.0 Å². The van der Waals surface area contributed by atoms with Gasteiger partial charge in [-0.3, -0.25) is 4.57 Å². The topological polar surface area (TPSA) is 69.6 Å². The van der Waals surface area contributed by atoms with Gasteiger partial charge in [-0.1, -0.05) is 146 Å². The summed E-state index contributed by atoms with van der Waals surface area (Å²) in [5.74, 6) is 3.37. The summed E-state index contributed by atoms with van der Waals surface area (Å²) in [4.78, 5) is 20.4. The lowest BCUT2D eigenvalue weighted by Gasteiger charge is -2.11. The first-order valence-electron chi connectivity index (χ1n) is 17.6. The van der Waals surface area contributed by atoms with Crippen molar-refractivity contribution in [3.05, 3.63) is 194 Å². The molecule has 0 aliphatic carbocycles. The second-order valence-electron chi connectivity index (χ2n) is 12.7. The van der Waals surface area contributed by atoms with Crippen LogP contribution >= 0.6 is 0 Å². The van der Waals surface area contributed by atoms with Crippen LogP contribution in [0.25, 0.3) is 79.1 Å². The molecule has 0 unspecified atom stereocenters. The fourth-order valence-electron chi connectivity index (χ4n) is 6.88. The molecule has 0 aliphatic rings. The zero-order valence-electron chi connectivity index (χ0n) is 28.8. The van der Waals surface area contributed by atoms with Crippen molar-refractivity contribution < 1.29 is 4.42 Å². The summed E-state index contributed by atoms with van der Waals surface area (Å²) < 4.78 is 8.83. The van der Waals surface area contributed by atoms with Crippen LogP contribution in [0.4, 0.5) is 0 Å². The molecular formula is C47H33N5O. The molecule has 6 nitrogen and oxygen atoms in total. The lowest BCUT2D eigenvalue weighted by molar-refractivity contribution is 0.599. The number of hydrogen-bond donors (Lipinski definition) is 0. The van der Waals surface area contributed by atoms with E-state index in [0.29, 0.717) is 23.9 Å². The highest BCUT2D eigenvalue weighted by Gasteiger charge is 2.23. The normalized spacial score (nSPS) is 11.5. The van der Waals surface area contributed by atoms with Crippen molar-refractivity contribution in [2.75, 3.05) is 0 Å². The molecule has 3 heterocycles. The van der Waals surface area contributed by atoms with Gasteiger partial charge in [-0.05, 0) is 47.5 Å². The van der Waals surface area contributed by atoms with Gasteiger partial charge in [0.25, 0.3) is 0 Å². The number of fused-ring (bicyclic) bond motifs is 2. The Morgan fingerprint density at radius 2 is 1.13 bits per heavy atom. The number of imidazole rings is 1. The first kappa shape index (κ1) is 31.8. The minimum Gasteiger partial charge on any atom is -0.456 e. The summed E-state index contributed by atoms with van der Waals surface area (Å²) in [6.45, 7) is 3.92. The second-order valence-corrected chi connectivity index (χ2v) is 12.7. The van der Waals surface area contributed by atoms with Gasteiger partial charge in [0, 0.05) is 39.7 Å². The van der Waals surface area contributed by atoms with Gasteiger partial charge in [-0.2, -0.15) is 0 Å². The van der Waals surface area contributed by atoms with Crippen LogP contribution in [0, 0.1) is 0 Å². The van der Waals surface area contributed by atoms with Crippen molar-refractivity contribution in [1.29, 1.82) is 0 Å². The predicted molar refractivity (Wildman–Crippen MR) is 214 cm³/mol. The maximum atomic E-state index is 6.60. The molecule has 0 atom stereocenters. The van der Waals surface area contributed by atoms with Crippen molar-refractivity contribution in [3.63, 3.8) is 0 Å². The molecule has 6 heteroatoms. The van der Waals surface area contributed by atoms with E-state index in [-0.39, 0.29) is 0 Å². The molecule has 0 spiro atoms. The van der Waals surface area contributed by atoms with Crippen molar-refractivity contribution in [2.24, 2.45) is 0 Å². The van der Waals surface area contributed by atoms with E-state index in [1.807, 2.05) is 84.9 Å². The molecule has 0 aliphatic heterocycles. The first-order valence-corrected chi connectivity index (χ1v) is 17.6. The molecule has 0 saturated carbocycles. The molecule has 53 heavy (non-hydrogen) atoms. The highest BCUT2D eigenvalue weighted by molar-refractivity contribution is 5.97. The molecular weight excluding hydrogens is 651 g/mol. The maximum absolute atomic E-state index is 6.60. The number of aromatic nitrogens is 5. The molecule has 252 valence electrons. The number of hydrogen-bond acceptors (Lipinski definition) is 5. The van der Waals surface area contributed by atoms with Crippen LogP contribution in [-0.2, 0) is 6.42 Å². The van der Waals surface area contributed by atoms with Gasteiger partial charge in [-0.25, -0.2) is 19.9 Å². The van der Waals surface area contributed by atoms with E-state index in [2.05, 4.69) is 96.1 Å². The van der Waals surface area contributed by atoms with Crippen molar-refractivity contribution in [3.8, 4) is 51.0 Å². The summed E-state index contributed by atoms with van der Waals surface area (Å²) in [6.07, 6.45) is 6.11. The Bertz CT molecular complexity index is 2750. The van der Waals surface area contributed by atoms with Gasteiger partial charge >= 0.3 is 0 Å². The number of para-hydroxylation sites is 3. The van der Waals surface area contributed by atoms with E-state index >= 15 is 0 Å². The highest BCUT2D eigenvalue weighted by atomic mass is 16.3. The van der Waals surface area contributed by atoms with Gasteiger partial charge in [0.15, 0.2) is 17.5 Å². The third kappa shape index (κ3) is 6.13. The Balaban J connectivity index is 1.24. The molecule has 9 rings (SSSR count). The largest absolute Gasteiger partial charge is 0.456 e. The quantitative estimate of drug-likeness (QED) is 0.142. The average molecular weight is 684 g/mol. The van der Waals surface area contributed by atoms with Gasteiger partial charge in [-0.15, -0.1) is 0 Å². The average Bonchev–Trinajstić information content (AvgIpc) is 3.78. The number of allylic oxidation sites excluding steroid dienone is 2. The van der Waals surface area contributed by atoms with Gasteiger partial charge < -0.3 is 4.42 Å². The highest BCUT2D eigenvalue weighted by Crippen LogP contribution is 2.38. The van der Waals surface area contributed by atoms with Crippen LogP contribution < -0.4 is 0 Å². The smallest absolute Gasteiger partial charge is 0.164 e. The molecule has 0 saturated heterocycles. The zero-order valence-corrected chi connectivity index (χ0v) is 28.8. The molecule has 9 aromatic rings. The second kappa shape index (κ2) is 13.9. The Morgan fingerprint density at radius 1 is 0.547 bits per heavy atom. The van der Waals surface area contributed by atoms with E-state index in [4.69, 9.17) is 24.4 Å². The third-order valence-electron chi connectivity index (χ3n) is 9.37. The van der Waals surface area contributed by atoms with Crippen molar-refractivity contribution in [1.82, 2.24) is 24.5 Å². The van der Waals surface area contributed by atoms with Crippen LogP contribution in [0.3, 0.4) is 0 Å². The SMILES string of the molecule is C=C/C=C\c1oc2cccc(-c3nc(-c4ccccc4)nc(-c4ccc(-c5ccccc5)cc4)n3)c2c1Cc1nc2ccccc2n1-c1ccccc1. The number of furan rings is 1. The van der Waals surface area contributed by atoms with E-state index in [1.54, 1.807) is 6.08 Å². The Kier molecular flexibility index (Phi) is 8.31. The third-order valence-corrected chi connectivity index (χ3v) is 9.37. The lowest BCUT2D eigenvalue weighted by Crippen LogP contribution is -2.04. The Labute approximate surface area is 307 Å². The molecule has 0 N–H and O–H groups in total. The summed E-state index contributed by atoms with van der Waals surface area (Å²) in [5, 5.41) is 0.929. The monoisotopic (exact) mass is 683 g/mol. The first-order chi connectivity index (χ1) is 26.2. The zero-order chi connectivity index (χ0) is 35.6. The fraction of sp³-hybridized carbons (Fsp3) is 0.0213. The van der Waals surface area contributed by atoms with E-state index in [9.17, 15) is 0 Å². The van der Waals surface area contributed by atoms with E-state index in [0.717, 1.165) is 72.7 Å². The van der Waals surface area contributed by atoms with Crippen LogP contribution in [0.5, 0.6) is 0 Å². The van der Waals surface area contributed by atoms with Crippen LogP contribution in [0.1, 0.15) is 17.1 Å². The molecule has 0 bridgehead atoms. The summed E-state index contributed by atoms with van der Waals surface area (Å²) in [5.41, 5.74) is 9.66. The predicted octanol–water partition coefficient (Wildman–Crippen LogP) is 11.4. The molecule has 0 fully saturated rings. The molecule has 3 aromatic heterocycles. The van der Waals surface area contributed by atoms with Crippen molar-refractivity contribution >= 4 is 28.1 Å². The Hall–Kier alpha value is -7.18. The molecule has 0 radical (unpaired) electrons. The summed E-state index contributed by atoms with van der Waals surface area (Å²) >= 11 is 0. The minimum atomic E-state index is 0.495. The van der Waals surface area contributed by atoms with Crippen LogP contribution in [0.15, 0.2) is 181 Å². The van der Waals surface area contributed by atoms with E-state index in [1.165, 1.54) is 0 Å². The number of nitrogens with zero attached hydrogens (tertiary/aromatic N) is 5. The van der Waals surface area contributed by atoms with Crippen LogP contribution in [0.2, 0.25) is 0 Å². The van der Waals surface area contributed by atoms with Crippen molar-refractivity contribution in [2.45, 2.75) is 6.42 Å². The van der Waals surface area contributed by atoms with Gasteiger partial charge in [0.2, 0.25) is 0 Å². The fourth-order valence-corrected chi connectivity index (χ4v) is 6.88. The maximum Gasteiger partial charge on any atom is 0.164 e. The molecule has 0 amide bonds. The summed E-state index contributed by atoms with van der Waals surface area (Å²) in [6, 6.07) is 53.4. The van der Waals surface area contributed by atoms with Crippen LogP contribution in [-0.4, -0.2) is 24.5 Å². The molecule has 6 aromatic carbocycles. The number of rotatable bonds is 9. The Morgan fingerprint density at radius 3 is 1.85 bits per heavy atom. The van der Waals surface area contributed by atoms with Gasteiger partial charge in [0.1, 0.15) is 17.2 Å². The van der Waals surface area contributed by atoms with E-state index < -0.39 is 0 Å². The standard InChI is InChI=1S/C47H33N5O/c1-2-3-25-41-38(31-43-48-39-23-13-14-24-40(39)52(43)36-20-11-6-12-21-36)44-37(22-15-26-42(44)53-41)47-50-45(34-18-9-5-10-19-34)49-46(51-47)35-29-27-33(28-30-35)32-16-7-4-8-17-32/h2-30H,1,31H2/b25-3-.